The van der Waals surface area contributed by atoms with Gasteiger partial charge >= 0.3 is 0 Å². The SMILES string of the molecule is C=C(C)N=C(CC)c1ccoc1.C=C(c1ccc(Cl)cc1)C(CC)N1CCCC1=O.CC.CC. The molecule has 1 aliphatic rings. The van der Waals surface area contributed by atoms with Crippen LogP contribution >= 0.6 is 11.6 Å². The zero-order chi connectivity index (χ0) is 26.1. The molecule has 3 rings (SSSR count). The molecule has 0 N–H and O–H groups in total. The molecule has 1 aromatic carbocycles. The number of likely N-dealkylation sites (tertiary alicyclic amines) is 1. The van der Waals surface area contributed by atoms with E-state index in [1.54, 1.807) is 12.5 Å². The first-order valence-corrected chi connectivity index (χ1v) is 12.7. The zero-order valence-electron chi connectivity index (χ0n) is 22.2. The molecule has 0 radical (unpaired) electrons. The van der Waals surface area contributed by atoms with Crippen LogP contribution in [0.2, 0.25) is 5.02 Å². The molecular formula is C29H43ClN2O2. The first-order valence-electron chi connectivity index (χ1n) is 12.4. The van der Waals surface area contributed by atoms with Crippen LogP contribution in [-0.2, 0) is 4.79 Å². The van der Waals surface area contributed by atoms with E-state index in [9.17, 15) is 4.79 Å². The minimum Gasteiger partial charge on any atom is -0.472 e. The largest absolute Gasteiger partial charge is 0.472 e. The summed E-state index contributed by atoms with van der Waals surface area (Å²) in [6.45, 7) is 22.8. The van der Waals surface area contributed by atoms with Crippen LogP contribution in [0.15, 0.2) is 71.1 Å². The predicted molar refractivity (Wildman–Crippen MR) is 149 cm³/mol. The minimum atomic E-state index is 0.112. The second kappa shape index (κ2) is 17.8. The van der Waals surface area contributed by atoms with Gasteiger partial charge in [0.25, 0.3) is 0 Å². The average Bonchev–Trinajstić information content (AvgIpc) is 3.54. The highest BCUT2D eigenvalue weighted by atomic mass is 35.5. The number of allylic oxidation sites excluding steroid dienone is 1. The van der Waals surface area contributed by atoms with Crippen molar-refractivity contribution in [2.75, 3.05) is 6.54 Å². The molecule has 4 nitrogen and oxygen atoms in total. The molecule has 1 aromatic heterocycles. The molecule has 2 aromatic rings. The highest BCUT2D eigenvalue weighted by Crippen LogP contribution is 2.27. The number of furan rings is 1. The Balaban J connectivity index is 0.000000592. The molecule has 34 heavy (non-hydrogen) atoms. The van der Waals surface area contributed by atoms with Crippen LogP contribution in [0.3, 0.4) is 0 Å². The maximum Gasteiger partial charge on any atom is 0.223 e. The Kier molecular flexibility index (Phi) is 16.5. The number of carbonyl (C=O) groups is 1. The van der Waals surface area contributed by atoms with Crippen molar-refractivity contribution in [3.05, 3.63) is 77.9 Å². The summed E-state index contributed by atoms with van der Waals surface area (Å²) in [5.41, 5.74) is 4.96. The Hall–Kier alpha value is -2.59. The summed E-state index contributed by atoms with van der Waals surface area (Å²) in [5, 5.41) is 0.719. The van der Waals surface area contributed by atoms with Crippen LogP contribution in [0.1, 0.15) is 85.3 Å². The van der Waals surface area contributed by atoms with E-state index in [-0.39, 0.29) is 11.9 Å². The van der Waals surface area contributed by atoms with Gasteiger partial charge in [0.05, 0.1) is 24.3 Å². The number of nitrogens with zero attached hydrogens (tertiary/aromatic N) is 2. The van der Waals surface area contributed by atoms with E-state index in [1.807, 2.05) is 69.9 Å². The van der Waals surface area contributed by atoms with Gasteiger partial charge in [-0.3, -0.25) is 9.79 Å². The number of hydrogen-bond acceptors (Lipinski definition) is 3. The Morgan fingerprint density at radius 1 is 1.09 bits per heavy atom. The molecular weight excluding hydrogens is 444 g/mol. The molecule has 0 bridgehead atoms. The van der Waals surface area contributed by atoms with Gasteiger partial charge in [0.1, 0.15) is 0 Å². The Morgan fingerprint density at radius 3 is 2.12 bits per heavy atom. The van der Waals surface area contributed by atoms with Crippen molar-refractivity contribution < 1.29 is 9.21 Å². The fourth-order valence-electron chi connectivity index (χ4n) is 3.52. The minimum absolute atomic E-state index is 0.112. The van der Waals surface area contributed by atoms with Crippen LogP contribution in [0.25, 0.3) is 5.57 Å². The lowest BCUT2D eigenvalue weighted by Gasteiger charge is -2.29. The third-order valence-corrected chi connectivity index (χ3v) is 5.26. The van der Waals surface area contributed by atoms with Gasteiger partial charge in [0.2, 0.25) is 5.91 Å². The summed E-state index contributed by atoms with van der Waals surface area (Å²) >= 11 is 5.89. The molecule has 1 atom stereocenters. The first kappa shape index (κ1) is 31.4. The molecule has 1 unspecified atom stereocenters. The van der Waals surface area contributed by atoms with Crippen LogP contribution in [-0.4, -0.2) is 29.1 Å². The molecule has 0 spiro atoms. The second-order valence-electron chi connectivity index (χ2n) is 7.31. The fraction of sp³-hybridized carbons (Fsp3) is 0.448. The van der Waals surface area contributed by atoms with Crippen molar-refractivity contribution in [1.29, 1.82) is 0 Å². The lowest BCUT2D eigenvalue weighted by molar-refractivity contribution is -0.128. The highest BCUT2D eigenvalue weighted by molar-refractivity contribution is 6.30. The zero-order valence-corrected chi connectivity index (χ0v) is 22.9. The Bertz CT molecular complexity index is 883. The molecule has 2 heterocycles. The van der Waals surface area contributed by atoms with Gasteiger partial charge in [-0.1, -0.05) is 78.4 Å². The van der Waals surface area contributed by atoms with Gasteiger partial charge in [-0.05, 0) is 55.5 Å². The average molecular weight is 487 g/mol. The topological polar surface area (TPSA) is 45.8 Å². The van der Waals surface area contributed by atoms with Gasteiger partial charge in [-0.25, -0.2) is 0 Å². The van der Waals surface area contributed by atoms with E-state index in [4.69, 9.17) is 16.0 Å². The Morgan fingerprint density at radius 2 is 1.71 bits per heavy atom. The molecule has 1 aliphatic heterocycles. The van der Waals surface area contributed by atoms with Crippen molar-refractivity contribution in [3.8, 4) is 0 Å². The number of aliphatic imine (C=N–C) groups is 1. The highest BCUT2D eigenvalue weighted by Gasteiger charge is 2.28. The van der Waals surface area contributed by atoms with E-state index < -0.39 is 0 Å². The number of carbonyl (C=O) groups excluding carboxylic acids is 1. The summed E-state index contributed by atoms with van der Waals surface area (Å²) in [5.74, 6) is 0.247. The van der Waals surface area contributed by atoms with E-state index in [1.165, 1.54) is 0 Å². The van der Waals surface area contributed by atoms with Gasteiger partial charge in [-0.15, -0.1) is 0 Å². The van der Waals surface area contributed by atoms with E-state index >= 15 is 0 Å². The standard InChI is InChI=1S/C15H18ClNO.C10H13NO.2C2H6/c1-3-14(17-10-4-5-15(17)18)11(2)12-6-8-13(16)9-7-12;1-4-10(11-8(2)3)9-5-6-12-7-9;2*1-2/h6-9,14H,2-5,10H2,1H3;5-7H,2,4H2,1,3H3;2*1-2H3. The summed E-state index contributed by atoms with van der Waals surface area (Å²) in [7, 11) is 0. The van der Waals surface area contributed by atoms with Crippen LogP contribution in [0.4, 0.5) is 0 Å². The first-order chi connectivity index (χ1) is 16.4. The van der Waals surface area contributed by atoms with Gasteiger partial charge in [0, 0.05) is 29.2 Å². The molecule has 1 saturated heterocycles. The number of rotatable bonds is 7. The predicted octanol–water partition coefficient (Wildman–Crippen LogP) is 8.82. The number of halogens is 1. The lowest BCUT2D eigenvalue weighted by Crippen LogP contribution is -2.36. The van der Waals surface area contributed by atoms with Crippen LogP contribution in [0.5, 0.6) is 0 Å². The van der Waals surface area contributed by atoms with Crippen molar-refractivity contribution in [1.82, 2.24) is 4.90 Å². The van der Waals surface area contributed by atoms with Crippen LogP contribution < -0.4 is 0 Å². The normalized spacial score (nSPS) is 13.5. The van der Waals surface area contributed by atoms with E-state index in [2.05, 4.69) is 32.0 Å². The molecule has 1 fully saturated rings. The molecule has 5 heteroatoms. The van der Waals surface area contributed by atoms with Crippen molar-refractivity contribution in [3.63, 3.8) is 0 Å². The van der Waals surface area contributed by atoms with Crippen molar-refractivity contribution >= 4 is 28.8 Å². The summed E-state index contributed by atoms with van der Waals surface area (Å²) in [6.07, 6.45) is 6.78. The Labute approximate surface area is 212 Å². The third-order valence-electron chi connectivity index (χ3n) is 5.01. The maximum atomic E-state index is 11.8. The van der Waals surface area contributed by atoms with Gasteiger partial charge in [-0.2, -0.15) is 0 Å². The smallest absolute Gasteiger partial charge is 0.223 e. The monoisotopic (exact) mass is 486 g/mol. The number of benzene rings is 1. The lowest BCUT2D eigenvalue weighted by atomic mass is 9.97. The summed E-state index contributed by atoms with van der Waals surface area (Å²) in [6, 6.07) is 9.68. The van der Waals surface area contributed by atoms with Crippen molar-refractivity contribution in [2.24, 2.45) is 4.99 Å². The molecule has 1 amide bonds. The fourth-order valence-corrected chi connectivity index (χ4v) is 3.64. The molecule has 0 aliphatic carbocycles. The van der Waals surface area contributed by atoms with Crippen molar-refractivity contribution in [2.45, 2.75) is 80.2 Å². The number of hydrogen-bond donors (Lipinski definition) is 0. The number of amides is 1. The quantitative estimate of drug-likeness (QED) is 0.367. The van der Waals surface area contributed by atoms with Gasteiger partial charge in [0.15, 0.2) is 0 Å². The summed E-state index contributed by atoms with van der Waals surface area (Å²) < 4.78 is 4.97. The van der Waals surface area contributed by atoms with Crippen LogP contribution in [0, 0.1) is 0 Å². The molecule has 0 saturated carbocycles. The maximum absolute atomic E-state index is 11.8. The van der Waals surface area contributed by atoms with E-state index in [0.717, 1.165) is 58.9 Å². The molecule has 188 valence electrons. The summed E-state index contributed by atoms with van der Waals surface area (Å²) in [4.78, 5) is 18.1. The van der Waals surface area contributed by atoms with E-state index in [0.29, 0.717) is 6.42 Å². The second-order valence-corrected chi connectivity index (χ2v) is 7.74. The van der Waals surface area contributed by atoms with Gasteiger partial charge < -0.3 is 9.32 Å². The third kappa shape index (κ3) is 10.1.